The Bertz CT molecular complexity index is 783. The SMILES string of the molecule is CN=C(Oc1ccccc1)c1ccccc1Nc1ccccc1. The molecule has 1 N–H and O–H groups in total. The molecule has 0 fully saturated rings. The maximum Gasteiger partial charge on any atom is 0.223 e. The first-order valence-electron chi connectivity index (χ1n) is 7.48. The molecule has 0 amide bonds. The maximum atomic E-state index is 5.94. The monoisotopic (exact) mass is 302 g/mol. The van der Waals surface area contributed by atoms with Gasteiger partial charge in [0.05, 0.1) is 11.3 Å². The van der Waals surface area contributed by atoms with E-state index in [9.17, 15) is 0 Å². The Morgan fingerprint density at radius 2 is 1.39 bits per heavy atom. The van der Waals surface area contributed by atoms with E-state index in [4.69, 9.17) is 4.74 Å². The van der Waals surface area contributed by atoms with Gasteiger partial charge in [-0.05, 0) is 36.4 Å². The fourth-order valence-corrected chi connectivity index (χ4v) is 2.28. The van der Waals surface area contributed by atoms with Gasteiger partial charge in [0.1, 0.15) is 5.75 Å². The first-order chi connectivity index (χ1) is 11.4. The fraction of sp³-hybridized carbons (Fsp3) is 0.0500. The normalized spacial score (nSPS) is 11.1. The van der Waals surface area contributed by atoms with Gasteiger partial charge in [0, 0.05) is 12.7 Å². The Balaban J connectivity index is 1.89. The van der Waals surface area contributed by atoms with Crippen molar-refractivity contribution in [2.75, 3.05) is 12.4 Å². The molecule has 0 saturated carbocycles. The molecular formula is C20H18N2O. The van der Waals surface area contributed by atoms with E-state index in [2.05, 4.69) is 10.3 Å². The van der Waals surface area contributed by atoms with Crippen molar-refractivity contribution in [2.45, 2.75) is 0 Å². The quantitative estimate of drug-likeness (QED) is 0.550. The Hall–Kier alpha value is -3.07. The molecule has 3 aromatic carbocycles. The van der Waals surface area contributed by atoms with Crippen molar-refractivity contribution in [1.82, 2.24) is 0 Å². The van der Waals surface area contributed by atoms with Crippen molar-refractivity contribution in [1.29, 1.82) is 0 Å². The second kappa shape index (κ2) is 7.27. The molecule has 0 atom stereocenters. The van der Waals surface area contributed by atoms with Gasteiger partial charge in [0.15, 0.2) is 0 Å². The molecule has 0 unspecified atom stereocenters. The van der Waals surface area contributed by atoms with Gasteiger partial charge in [-0.2, -0.15) is 0 Å². The highest BCUT2D eigenvalue weighted by atomic mass is 16.5. The fourth-order valence-electron chi connectivity index (χ4n) is 2.28. The Labute approximate surface area is 136 Å². The molecule has 0 heterocycles. The zero-order valence-corrected chi connectivity index (χ0v) is 12.9. The smallest absolute Gasteiger partial charge is 0.223 e. The van der Waals surface area contributed by atoms with Crippen molar-refractivity contribution in [3.8, 4) is 5.75 Å². The summed E-state index contributed by atoms with van der Waals surface area (Å²) in [7, 11) is 1.73. The molecule has 0 aliphatic rings. The van der Waals surface area contributed by atoms with Gasteiger partial charge >= 0.3 is 0 Å². The highest BCUT2D eigenvalue weighted by molar-refractivity contribution is 6.01. The van der Waals surface area contributed by atoms with Crippen LogP contribution < -0.4 is 10.1 Å². The molecule has 3 heteroatoms. The summed E-state index contributed by atoms with van der Waals surface area (Å²) in [6, 6.07) is 27.7. The van der Waals surface area contributed by atoms with Crippen molar-refractivity contribution in [3.63, 3.8) is 0 Å². The third-order valence-electron chi connectivity index (χ3n) is 3.37. The molecule has 3 rings (SSSR count). The molecule has 3 aromatic rings. The highest BCUT2D eigenvalue weighted by Gasteiger charge is 2.11. The number of hydrogen-bond donors (Lipinski definition) is 1. The summed E-state index contributed by atoms with van der Waals surface area (Å²) in [6.45, 7) is 0. The number of benzene rings is 3. The van der Waals surface area contributed by atoms with Crippen LogP contribution in [0.2, 0.25) is 0 Å². The molecule has 0 saturated heterocycles. The number of anilines is 2. The largest absolute Gasteiger partial charge is 0.439 e. The zero-order chi connectivity index (χ0) is 15.9. The summed E-state index contributed by atoms with van der Waals surface area (Å²) >= 11 is 0. The third kappa shape index (κ3) is 3.77. The average molecular weight is 302 g/mol. The van der Waals surface area contributed by atoms with Crippen LogP contribution in [0.1, 0.15) is 5.56 Å². The predicted molar refractivity (Wildman–Crippen MR) is 95.7 cm³/mol. The summed E-state index contributed by atoms with van der Waals surface area (Å²) in [6.07, 6.45) is 0. The van der Waals surface area contributed by atoms with Crippen LogP contribution >= 0.6 is 0 Å². The van der Waals surface area contributed by atoms with E-state index < -0.39 is 0 Å². The Morgan fingerprint density at radius 3 is 2.09 bits per heavy atom. The number of ether oxygens (including phenoxy) is 1. The second-order valence-electron chi connectivity index (χ2n) is 4.98. The molecule has 0 aromatic heterocycles. The maximum absolute atomic E-state index is 5.94. The number of rotatable bonds is 4. The van der Waals surface area contributed by atoms with Gasteiger partial charge in [-0.3, -0.25) is 4.99 Å². The summed E-state index contributed by atoms with van der Waals surface area (Å²) in [5.74, 6) is 1.35. The van der Waals surface area contributed by atoms with Crippen LogP contribution in [0.25, 0.3) is 0 Å². The number of nitrogens with one attached hydrogen (secondary N) is 1. The topological polar surface area (TPSA) is 33.6 Å². The minimum atomic E-state index is 0.579. The van der Waals surface area contributed by atoms with Crippen molar-refractivity contribution < 1.29 is 4.74 Å². The molecule has 0 aliphatic carbocycles. The van der Waals surface area contributed by atoms with Gasteiger partial charge < -0.3 is 10.1 Å². The number of nitrogens with zero attached hydrogens (tertiary/aromatic N) is 1. The molecule has 0 aliphatic heterocycles. The van der Waals surface area contributed by atoms with E-state index in [1.54, 1.807) is 7.05 Å². The van der Waals surface area contributed by atoms with Crippen LogP contribution in [0.5, 0.6) is 5.75 Å². The second-order valence-corrected chi connectivity index (χ2v) is 4.98. The summed E-state index contributed by atoms with van der Waals surface area (Å²) in [5, 5.41) is 3.41. The Kier molecular flexibility index (Phi) is 4.69. The molecule has 114 valence electrons. The third-order valence-corrected chi connectivity index (χ3v) is 3.37. The molecule has 0 radical (unpaired) electrons. The van der Waals surface area contributed by atoms with Gasteiger partial charge in [0.25, 0.3) is 0 Å². The minimum absolute atomic E-state index is 0.579. The molecule has 23 heavy (non-hydrogen) atoms. The molecule has 0 bridgehead atoms. The van der Waals surface area contributed by atoms with Crippen LogP contribution in [0, 0.1) is 0 Å². The van der Waals surface area contributed by atoms with E-state index in [1.165, 1.54) is 0 Å². The zero-order valence-electron chi connectivity index (χ0n) is 12.9. The minimum Gasteiger partial charge on any atom is -0.439 e. The van der Waals surface area contributed by atoms with Gasteiger partial charge in [-0.25, -0.2) is 0 Å². The van der Waals surface area contributed by atoms with E-state index >= 15 is 0 Å². The lowest BCUT2D eigenvalue weighted by atomic mass is 10.1. The van der Waals surface area contributed by atoms with Crippen LogP contribution in [-0.2, 0) is 0 Å². The van der Waals surface area contributed by atoms with Crippen molar-refractivity contribution >= 4 is 17.3 Å². The van der Waals surface area contributed by atoms with E-state index in [0.717, 1.165) is 22.7 Å². The average Bonchev–Trinajstić information content (AvgIpc) is 2.62. The first kappa shape index (κ1) is 14.9. The van der Waals surface area contributed by atoms with Gasteiger partial charge in [-0.15, -0.1) is 0 Å². The van der Waals surface area contributed by atoms with Crippen molar-refractivity contribution in [3.05, 3.63) is 90.5 Å². The van der Waals surface area contributed by atoms with Crippen molar-refractivity contribution in [2.24, 2.45) is 4.99 Å². The molecular weight excluding hydrogens is 284 g/mol. The predicted octanol–water partition coefficient (Wildman–Crippen LogP) is 4.89. The highest BCUT2D eigenvalue weighted by Crippen LogP contribution is 2.23. The van der Waals surface area contributed by atoms with Crippen LogP contribution in [0.3, 0.4) is 0 Å². The van der Waals surface area contributed by atoms with E-state index in [-0.39, 0.29) is 0 Å². The lowest BCUT2D eigenvalue weighted by Gasteiger charge is -2.14. The Morgan fingerprint density at radius 1 is 0.783 bits per heavy atom. The number of aliphatic imine (C=N–C) groups is 1. The van der Waals surface area contributed by atoms with Gasteiger partial charge in [-0.1, -0.05) is 48.5 Å². The summed E-state index contributed by atoms with van der Waals surface area (Å²) in [4.78, 5) is 4.31. The van der Waals surface area contributed by atoms with Gasteiger partial charge in [0.2, 0.25) is 5.90 Å². The first-order valence-corrected chi connectivity index (χ1v) is 7.48. The lowest BCUT2D eigenvalue weighted by Crippen LogP contribution is -2.12. The summed E-state index contributed by atoms with van der Waals surface area (Å²) in [5.41, 5.74) is 2.90. The lowest BCUT2D eigenvalue weighted by molar-refractivity contribution is 0.551. The molecule has 3 nitrogen and oxygen atoms in total. The van der Waals surface area contributed by atoms with E-state index in [0.29, 0.717) is 5.90 Å². The number of hydrogen-bond acceptors (Lipinski definition) is 3. The van der Waals surface area contributed by atoms with Crippen LogP contribution in [0.15, 0.2) is 89.9 Å². The van der Waals surface area contributed by atoms with Crippen LogP contribution in [-0.4, -0.2) is 12.9 Å². The summed E-state index contributed by atoms with van der Waals surface area (Å²) < 4.78 is 5.94. The number of para-hydroxylation sites is 3. The van der Waals surface area contributed by atoms with Crippen LogP contribution in [0.4, 0.5) is 11.4 Å². The molecule has 0 spiro atoms. The standard InChI is InChI=1S/C20H18N2O/c1-21-20(23-17-12-6-3-7-13-17)18-14-8-9-15-19(18)22-16-10-4-2-5-11-16/h2-15,22H,1H3. The van der Waals surface area contributed by atoms with E-state index in [1.807, 2.05) is 84.9 Å².